The fourth-order valence-corrected chi connectivity index (χ4v) is 2.08. The van der Waals surface area contributed by atoms with E-state index in [4.69, 9.17) is 5.73 Å². The van der Waals surface area contributed by atoms with E-state index in [1.807, 2.05) is 6.92 Å². The molecule has 16 heavy (non-hydrogen) atoms. The lowest BCUT2D eigenvalue weighted by Gasteiger charge is -2.31. The third-order valence-electron chi connectivity index (χ3n) is 3.07. The third-order valence-corrected chi connectivity index (χ3v) is 4.37. The average Bonchev–Trinajstić information content (AvgIpc) is 2.26. The molecule has 0 aliphatic carbocycles. The second-order valence-electron chi connectivity index (χ2n) is 4.32. The summed E-state index contributed by atoms with van der Waals surface area (Å²) in [7, 11) is -0.776. The van der Waals surface area contributed by atoms with Gasteiger partial charge in [-0.3, -0.25) is 4.21 Å². The molecule has 0 saturated carbocycles. The Morgan fingerprint density at radius 1 is 1.56 bits per heavy atom. The van der Waals surface area contributed by atoms with Crippen molar-refractivity contribution in [1.29, 1.82) is 0 Å². The van der Waals surface area contributed by atoms with Crippen molar-refractivity contribution in [1.82, 2.24) is 10.2 Å². The number of piperidine rings is 1. The summed E-state index contributed by atoms with van der Waals surface area (Å²) in [6.07, 6.45) is 3.57. The molecule has 0 radical (unpaired) electrons. The minimum Gasteiger partial charge on any atom is -0.351 e. The molecule has 1 fully saturated rings. The number of nitrogens with one attached hydrogen (secondary N) is 1. The Hall–Kier alpha value is -0.620. The molecule has 2 unspecified atom stereocenters. The molecule has 1 aliphatic rings. The van der Waals surface area contributed by atoms with Crippen molar-refractivity contribution < 1.29 is 9.00 Å². The Kier molecular flexibility index (Phi) is 5.21. The van der Waals surface area contributed by atoms with E-state index >= 15 is 0 Å². The van der Waals surface area contributed by atoms with Gasteiger partial charge in [0.15, 0.2) is 0 Å². The molecule has 2 atom stereocenters. The number of urea groups is 1. The molecule has 0 bridgehead atoms. The number of hydrogen-bond acceptors (Lipinski definition) is 3. The summed E-state index contributed by atoms with van der Waals surface area (Å²) in [4.78, 5) is 12.6. The zero-order valence-corrected chi connectivity index (χ0v) is 10.8. The number of likely N-dealkylation sites (tertiary alicyclic amines) is 1. The Bertz CT molecular complexity index is 265. The van der Waals surface area contributed by atoms with Crippen LogP contribution in [0.2, 0.25) is 0 Å². The van der Waals surface area contributed by atoms with Crippen LogP contribution in [0.1, 0.15) is 19.8 Å². The fraction of sp³-hybridized carbons (Fsp3) is 0.900. The van der Waals surface area contributed by atoms with Gasteiger partial charge in [0.1, 0.15) is 0 Å². The lowest BCUT2D eigenvalue weighted by molar-refractivity contribution is 0.185. The second-order valence-corrected chi connectivity index (χ2v) is 6.12. The number of nitrogens with two attached hydrogens (primary N) is 1. The molecule has 1 rings (SSSR count). The number of rotatable bonds is 4. The van der Waals surface area contributed by atoms with Crippen LogP contribution in [0.25, 0.3) is 0 Å². The number of hydrogen-bond donors (Lipinski definition) is 2. The topological polar surface area (TPSA) is 75.4 Å². The molecule has 2 amide bonds. The van der Waals surface area contributed by atoms with Crippen LogP contribution in [0.5, 0.6) is 0 Å². The monoisotopic (exact) mass is 247 g/mol. The van der Waals surface area contributed by atoms with Crippen molar-refractivity contribution in [3.63, 3.8) is 0 Å². The number of amides is 2. The summed E-state index contributed by atoms with van der Waals surface area (Å²) in [6, 6.07) is 0.0862. The largest absolute Gasteiger partial charge is 0.351 e. The first-order valence-corrected chi connectivity index (χ1v) is 7.23. The van der Waals surface area contributed by atoms with E-state index in [1.165, 1.54) is 0 Å². The van der Waals surface area contributed by atoms with Crippen LogP contribution >= 0.6 is 0 Å². The molecule has 1 saturated heterocycles. The molecule has 1 aliphatic heterocycles. The van der Waals surface area contributed by atoms with Gasteiger partial charge in [-0.2, -0.15) is 0 Å². The van der Waals surface area contributed by atoms with Crippen molar-refractivity contribution in [3.8, 4) is 0 Å². The number of carbonyl (C=O) groups excluding carboxylic acids is 1. The van der Waals surface area contributed by atoms with Crippen LogP contribution in [0.15, 0.2) is 0 Å². The van der Waals surface area contributed by atoms with Crippen molar-refractivity contribution in [3.05, 3.63) is 0 Å². The van der Waals surface area contributed by atoms with Crippen LogP contribution in [0.4, 0.5) is 4.79 Å². The predicted octanol–water partition coefficient (Wildman–Crippen LogP) is -0.114. The molecule has 6 heteroatoms. The van der Waals surface area contributed by atoms with Crippen LogP contribution in [-0.4, -0.2) is 52.3 Å². The van der Waals surface area contributed by atoms with Gasteiger partial charge in [0.05, 0.1) is 0 Å². The van der Waals surface area contributed by atoms with Gasteiger partial charge >= 0.3 is 6.03 Å². The fourth-order valence-electron chi connectivity index (χ4n) is 1.75. The Labute approximate surface area is 99.2 Å². The van der Waals surface area contributed by atoms with Gasteiger partial charge in [-0.25, -0.2) is 4.79 Å². The van der Waals surface area contributed by atoms with E-state index in [0.29, 0.717) is 6.04 Å². The number of nitrogens with zero attached hydrogens (tertiary/aromatic N) is 1. The molecule has 0 aromatic heterocycles. The first-order chi connectivity index (χ1) is 7.50. The first-order valence-electron chi connectivity index (χ1n) is 5.60. The van der Waals surface area contributed by atoms with Gasteiger partial charge < -0.3 is 16.0 Å². The van der Waals surface area contributed by atoms with Gasteiger partial charge in [-0.05, 0) is 19.8 Å². The molecule has 0 aromatic carbocycles. The maximum atomic E-state index is 11.2. The molecular formula is C10H21N3O2S. The smallest absolute Gasteiger partial charge is 0.314 e. The van der Waals surface area contributed by atoms with Gasteiger partial charge in [-0.15, -0.1) is 0 Å². The van der Waals surface area contributed by atoms with Gasteiger partial charge in [0.25, 0.3) is 0 Å². The highest BCUT2D eigenvalue weighted by molar-refractivity contribution is 7.84. The van der Waals surface area contributed by atoms with Crippen molar-refractivity contribution in [2.45, 2.75) is 31.1 Å². The van der Waals surface area contributed by atoms with Crippen molar-refractivity contribution in [2.75, 3.05) is 25.9 Å². The summed E-state index contributed by atoms with van der Waals surface area (Å²) in [6.45, 7) is 4.18. The molecular weight excluding hydrogens is 226 g/mol. The second kappa shape index (κ2) is 6.20. The molecule has 0 aromatic rings. The summed E-state index contributed by atoms with van der Waals surface area (Å²) in [5, 5.41) is 3.57. The zero-order chi connectivity index (χ0) is 12.1. The minimum absolute atomic E-state index is 0.175. The summed E-state index contributed by atoms with van der Waals surface area (Å²) in [5.74, 6) is 0. The summed E-state index contributed by atoms with van der Waals surface area (Å²) >= 11 is 0. The molecule has 1 heterocycles. The SMILES string of the molecule is CC(CNC1CCN(C(N)=O)CC1)S(C)=O. The standard InChI is InChI=1S/C10H21N3O2S/c1-8(16(2)15)7-12-9-3-5-13(6-4-9)10(11)14/h8-9,12H,3-7H2,1-2H3,(H2,11,14). The quantitative estimate of drug-likeness (QED) is 0.727. The van der Waals surface area contributed by atoms with Crippen LogP contribution < -0.4 is 11.1 Å². The van der Waals surface area contributed by atoms with Crippen molar-refractivity contribution in [2.24, 2.45) is 5.73 Å². The van der Waals surface area contributed by atoms with E-state index in [2.05, 4.69) is 5.32 Å². The highest BCUT2D eigenvalue weighted by atomic mass is 32.2. The third kappa shape index (κ3) is 4.09. The maximum Gasteiger partial charge on any atom is 0.314 e. The van der Waals surface area contributed by atoms with Gasteiger partial charge in [0, 0.05) is 48.0 Å². The number of primary amides is 1. The number of carbonyl (C=O) groups is 1. The summed E-state index contributed by atoms with van der Waals surface area (Å²) in [5.41, 5.74) is 5.20. The van der Waals surface area contributed by atoms with Gasteiger partial charge in [-0.1, -0.05) is 0 Å². The van der Waals surface area contributed by atoms with E-state index in [-0.39, 0.29) is 11.3 Å². The predicted molar refractivity (Wildman–Crippen MR) is 65.7 cm³/mol. The average molecular weight is 247 g/mol. The highest BCUT2D eigenvalue weighted by Crippen LogP contribution is 2.09. The van der Waals surface area contributed by atoms with Crippen LogP contribution in [0, 0.1) is 0 Å². The van der Waals surface area contributed by atoms with Crippen LogP contribution in [-0.2, 0) is 10.8 Å². The van der Waals surface area contributed by atoms with Crippen molar-refractivity contribution >= 4 is 16.8 Å². The Morgan fingerprint density at radius 3 is 2.56 bits per heavy atom. The minimum atomic E-state index is -0.776. The van der Waals surface area contributed by atoms with E-state index < -0.39 is 10.8 Å². The van der Waals surface area contributed by atoms with E-state index in [0.717, 1.165) is 32.5 Å². The summed E-state index contributed by atoms with van der Waals surface area (Å²) < 4.78 is 11.2. The zero-order valence-electron chi connectivity index (χ0n) is 9.94. The van der Waals surface area contributed by atoms with E-state index in [9.17, 15) is 9.00 Å². The highest BCUT2D eigenvalue weighted by Gasteiger charge is 2.21. The normalized spacial score (nSPS) is 21.8. The lowest BCUT2D eigenvalue weighted by Crippen LogP contribution is -2.48. The van der Waals surface area contributed by atoms with E-state index in [1.54, 1.807) is 11.2 Å². The Morgan fingerprint density at radius 2 is 2.12 bits per heavy atom. The van der Waals surface area contributed by atoms with Crippen LogP contribution in [0.3, 0.4) is 0 Å². The Balaban J connectivity index is 2.22. The molecule has 5 nitrogen and oxygen atoms in total. The maximum absolute atomic E-state index is 11.2. The molecule has 3 N–H and O–H groups in total. The lowest BCUT2D eigenvalue weighted by atomic mass is 10.1. The van der Waals surface area contributed by atoms with Gasteiger partial charge in [0.2, 0.25) is 0 Å². The molecule has 0 spiro atoms. The first kappa shape index (κ1) is 13.4. The molecule has 94 valence electrons.